The lowest BCUT2D eigenvalue weighted by molar-refractivity contribution is 0.305. The van der Waals surface area contributed by atoms with Crippen molar-refractivity contribution in [2.75, 3.05) is 54.9 Å². The largest absolute Gasteiger partial charge is 0.496 e. The molecule has 0 fully saturated rings. The van der Waals surface area contributed by atoms with Gasteiger partial charge >= 0.3 is 0 Å². The van der Waals surface area contributed by atoms with E-state index in [0.29, 0.717) is 26.4 Å². The van der Waals surface area contributed by atoms with Gasteiger partial charge in [-0.05, 0) is 75.6 Å². The molecule has 0 N–H and O–H groups in total. The normalized spacial score (nSPS) is 16.8. The molecule has 0 amide bonds. The number of rotatable bonds is 24. The van der Waals surface area contributed by atoms with Gasteiger partial charge in [-0.2, -0.15) is 0 Å². The van der Waals surface area contributed by atoms with Gasteiger partial charge in [0.15, 0.2) is 0 Å². The molecule has 352 valence electrons. The lowest BCUT2D eigenvalue weighted by atomic mass is 9.76. The van der Waals surface area contributed by atoms with Crippen molar-refractivity contribution in [3.63, 3.8) is 0 Å². The smallest absolute Gasteiger partial charge is 0.126 e. The Morgan fingerprint density at radius 2 is 0.453 bits per heavy atom. The molecule has 4 atom stereocenters. The number of hydrogen-bond donors (Lipinski definition) is 0. The molecule has 8 heteroatoms. The Bertz CT molecular complexity index is 1780. The summed E-state index contributed by atoms with van der Waals surface area (Å²) in [5.74, 6) is 6.34. The molecule has 8 bridgehead atoms. The predicted molar refractivity (Wildman–Crippen MR) is 262 cm³/mol. The minimum Gasteiger partial charge on any atom is -0.496 e. The summed E-state index contributed by atoms with van der Waals surface area (Å²) in [4.78, 5) is 0. The van der Waals surface area contributed by atoms with Crippen molar-refractivity contribution in [1.29, 1.82) is 0 Å². The second kappa shape index (κ2) is 25.1. The zero-order chi connectivity index (χ0) is 46.2. The van der Waals surface area contributed by atoms with Crippen molar-refractivity contribution in [1.82, 2.24) is 0 Å². The molecule has 4 aromatic rings. The molecule has 5 rings (SSSR count). The minimum absolute atomic E-state index is 0.0636. The molecule has 0 radical (unpaired) electrons. The third kappa shape index (κ3) is 11.2. The van der Waals surface area contributed by atoms with E-state index in [9.17, 15) is 0 Å². The van der Waals surface area contributed by atoms with Crippen LogP contribution in [0.1, 0.15) is 201 Å². The third-order valence-corrected chi connectivity index (χ3v) is 12.6. The van der Waals surface area contributed by atoms with E-state index in [-0.39, 0.29) is 23.7 Å². The quantitative estimate of drug-likeness (QED) is 0.0689. The van der Waals surface area contributed by atoms with Crippen LogP contribution in [0.5, 0.6) is 46.0 Å². The molecule has 0 aromatic heterocycles. The maximum atomic E-state index is 6.74. The highest BCUT2D eigenvalue weighted by molar-refractivity contribution is 5.63. The molecule has 0 spiro atoms. The fourth-order valence-electron chi connectivity index (χ4n) is 9.68. The van der Waals surface area contributed by atoms with Gasteiger partial charge in [0.1, 0.15) is 46.0 Å². The molecule has 1 aliphatic rings. The minimum atomic E-state index is -0.0636. The number of ether oxygens (including phenoxy) is 8. The summed E-state index contributed by atoms with van der Waals surface area (Å²) in [6.45, 7) is 20.0. The van der Waals surface area contributed by atoms with Crippen LogP contribution < -0.4 is 37.9 Å². The lowest BCUT2D eigenvalue weighted by Crippen LogP contribution is -2.15. The number of fused-ring (bicyclic) bond motifs is 8. The Morgan fingerprint density at radius 3 is 0.609 bits per heavy atom. The molecule has 0 saturated carbocycles. The molecule has 64 heavy (non-hydrogen) atoms. The first kappa shape index (κ1) is 50.3. The highest BCUT2D eigenvalue weighted by atomic mass is 16.5. The SMILES string of the molecule is CCCOc1cc(OC)c2cc1C(CCC)c1cc(c(OCCC)cc1OC)C(CCC)c1cc(c(OCCC)cc1OC)C(CCC)c1cc(c(OCCC)cc1OC)C2CCC. The number of methoxy groups -OCH3 is 4. The predicted octanol–water partition coefficient (Wildman–Crippen LogP) is 14.9. The molecule has 0 saturated heterocycles. The van der Waals surface area contributed by atoms with Gasteiger partial charge in [0.05, 0.1) is 54.9 Å². The first-order valence-corrected chi connectivity index (χ1v) is 24.6. The van der Waals surface area contributed by atoms with Crippen molar-refractivity contribution in [3.05, 3.63) is 93.0 Å². The van der Waals surface area contributed by atoms with Crippen LogP contribution in [0.25, 0.3) is 0 Å². The van der Waals surface area contributed by atoms with Crippen LogP contribution in [0.15, 0.2) is 48.5 Å². The van der Waals surface area contributed by atoms with Gasteiger partial charge in [0, 0.05) is 92.4 Å². The number of benzene rings is 4. The van der Waals surface area contributed by atoms with Crippen molar-refractivity contribution in [2.24, 2.45) is 0 Å². The van der Waals surface area contributed by atoms with Gasteiger partial charge in [-0.3, -0.25) is 0 Å². The van der Waals surface area contributed by atoms with Crippen LogP contribution in [-0.2, 0) is 0 Å². The summed E-state index contributed by atoms with van der Waals surface area (Å²) < 4.78 is 52.5. The first-order chi connectivity index (χ1) is 31.2. The highest BCUT2D eigenvalue weighted by Gasteiger charge is 2.34. The van der Waals surface area contributed by atoms with Crippen LogP contribution in [0, 0.1) is 0 Å². The van der Waals surface area contributed by atoms with E-state index in [1.54, 1.807) is 28.4 Å². The van der Waals surface area contributed by atoms with E-state index in [1.807, 2.05) is 0 Å². The zero-order valence-corrected chi connectivity index (χ0v) is 41.5. The van der Waals surface area contributed by atoms with Gasteiger partial charge in [0.25, 0.3) is 0 Å². The molecule has 0 heterocycles. The topological polar surface area (TPSA) is 73.8 Å². The van der Waals surface area contributed by atoms with Crippen LogP contribution >= 0.6 is 0 Å². The van der Waals surface area contributed by atoms with Crippen LogP contribution in [0.4, 0.5) is 0 Å². The van der Waals surface area contributed by atoms with Crippen molar-refractivity contribution in [3.8, 4) is 46.0 Å². The fraction of sp³-hybridized carbons (Fsp3) is 0.571. The maximum Gasteiger partial charge on any atom is 0.126 e. The summed E-state index contributed by atoms with van der Waals surface area (Å²) in [5, 5.41) is 0. The average molecular weight is 881 g/mol. The summed E-state index contributed by atoms with van der Waals surface area (Å²) in [7, 11) is 7.12. The molecule has 4 aromatic carbocycles. The van der Waals surface area contributed by atoms with E-state index in [0.717, 1.165) is 168 Å². The van der Waals surface area contributed by atoms with Gasteiger partial charge < -0.3 is 37.9 Å². The maximum absolute atomic E-state index is 6.74. The lowest BCUT2D eigenvalue weighted by Gasteiger charge is -2.32. The summed E-state index contributed by atoms with van der Waals surface area (Å²) in [5.41, 5.74) is 8.98. The van der Waals surface area contributed by atoms with Crippen molar-refractivity contribution in [2.45, 2.75) is 156 Å². The molecular formula is C56H80O8. The Kier molecular flexibility index (Phi) is 19.7. The average Bonchev–Trinajstić information content (AvgIpc) is 3.32. The molecule has 4 unspecified atom stereocenters. The standard InChI is InChI=1S/C56H80O8/c1-13-21-37-41-29-46(54(62-26-18-6)33-49(41)57-9)39(23-15-3)43-31-48(56(64-28-20-8)35-51(43)59-11)40(24-16-4)44-32-47(55(63-27-19-7)36-52(44)60-12)38(22-14-2)42-30-45(37)53(61-25-17-5)34-50(42)58-10/h29-40H,13-28H2,1-12H3. The van der Waals surface area contributed by atoms with Gasteiger partial charge in [-0.15, -0.1) is 0 Å². The van der Waals surface area contributed by atoms with E-state index in [2.05, 4.69) is 104 Å². The summed E-state index contributed by atoms with van der Waals surface area (Å²) >= 11 is 0. The fourth-order valence-corrected chi connectivity index (χ4v) is 9.68. The summed E-state index contributed by atoms with van der Waals surface area (Å²) in [6.07, 6.45) is 10.9. The van der Waals surface area contributed by atoms with Gasteiger partial charge in [-0.1, -0.05) is 81.1 Å². The molecule has 0 aliphatic heterocycles. The van der Waals surface area contributed by atoms with Crippen molar-refractivity contribution >= 4 is 0 Å². The third-order valence-electron chi connectivity index (χ3n) is 12.6. The van der Waals surface area contributed by atoms with Gasteiger partial charge in [0.2, 0.25) is 0 Å². The first-order valence-electron chi connectivity index (χ1n) is 24.6. The van der Waals surface area contributed by atoms with Crippen molar-refractivity contribution < 1.29 is 37.9 Å². The van der Waals surface area contributed by atoms with E-state index < -0.39 is 0 Å². The Labute approximate surface area is 386 Å². The Balaban J connectivity index is 2.09. The van der Waals surface area contributed by atoms with E-state index in [4.69, 9.17) is 37.9 Å². The zero-order valence-electron chi connectivity index (χ0n) is 41.5. The Morgan fingerprint density at radius 1 is 0.266 bits per heavy atom. The Hall–Kier alpha value is -4.72. The molecular weight excluding hydrogens is 801 g/mol. The van der Waals surface area contributed by atoms with Crippen LogP contribution in [0.2, 0.25) is 0 Å². The van der Waals surface area contributed by atoms with Crippen LogP contribution in [0.3, 0.4) is 0 Å². The van der Waals surface area contributed by atoms with E-state index in [1.165, 1.54) is 0 Å². The second-order valence-corrected chi connectivity index (χ2v) is 17.3. The van der Waals surface area contributed by atoms with Gasteiger partial charge in [-0.25, -0.2) is 0 Å². The van der Waals surface area contributed by atoms with E-state index >= 15 is 0 Å². The summed E-state index contributed by atoms with van der Waals surface area (Å²) in [6, 6.07) is 18.1. The molecule has 1 aliphatic carbocycles. The van der Waals surface area contributed by atoms with Crippen LogP contribution in [-0.4, -0.2) is 54.9 Å². The second-order valence-electron chi connectivity index (χ2n) is 17.3. The number of hydrogen-bond acceptors (Lipinski definition) is 8. The highest BCUT2D eigenvalue weighted by Crippen LogP contribution is 2.53. The molecule has 8 nitrogen and oxygen atoms in total. The monoisotopic (exact) mass is 881 g/mol.